The van der Waals surface area contributed by atoms with Crippen LogP contribution in [0.25, 0.3) is 5.57 Å². The minimum atomic E-state index is -1.17. The average molecular weight is 364 g/mol. The van der Waals surface area contributed by atoms with Crippen molar-refractivity contribution in [3.63, 3.8) is 0 Å². The van der Waals surface area contributed by atoms with E-state index in [4.69, 9.17) is 4.74 Å². The largest absolute Gasteiger partial charge is 0.508 e. The van der Waals surface area contributed by atoms with Crippen molar-refractivity contribution in [3.8, 4) is 11.5 Å². The lowest BCUT2D eigenvalue weighted by Crippen LogP contribution is -2.27. The number of phenols is 2. The number of hydrogen-bond donors (Lipinski definition) is 3. The van der Waals surface area contributed by atoms with Gasteiger partial charge >= 0.3 is 0 Å². The number of epoxide rings is 1. The third-order valence-corrected chi connectivity index (χ3v) is 5.21. The molecule has 3 aliphatic rings. The fraction of sp³-hybridized carbons (Fsp3) is 0.150. The van der Waals surface area contributed by atoms with Crippen LogP contribution in [0.4, 0.5) is 0 Å². The summed E-state index contributed by atoms with van der Waals surface area (Å²) in [7, 11) is 0. The molecule has 0 bridgehead atoms. The molecule has 3 N–H and O–H groups in total. The Bertz CT molecular complexity index is 1110. The number of aliphatic hydroxyl groups is 1. The monoisotopic (exact) mass is 364 g/mol. The highest BCUT2D eigenvalue weighted by Crippen LogP contribution is 2.49. The molecular weight excluding hydrogens is 352 g/mol. The van der Waals surface area contributed by atoms with Gasteiger partial charge in [0.1, 0.15) is 23.7 Å². The van der Waals surface area contributed by atoms with E-state index in [1.807, 2.05) is 0 Å². The molecule has 0 spiro atoms. The van der Waals surface area contributed by atoms with Crippen LogP contribution in [0.15, 0.2) is 36.4 Å². The van der Waals surface area contributed by atoms with Gasteiger partial charge in [-0.05, 0) is 41.0 Å². The number of rotatable bonds is 1. The Morgan fingerprint density at radius 2 is 1.63 bits per heavy atom. The first-order valence-electron chi connectivity index (χ1n) is 8.27. The van der Waals surface area contributed by atoms with Crippen LogP contribution in [0.2, 0.25) is 0 Å². The summed E-state index contributed by atoms with van der Waals surface area (Å²) in [5.41, 5.74) is 0.821. The highest BCUT2D eigenvalue weighted by atomic mass is 16.6. The molecule has 2 aromatic rings. The number of fused-ring (bicyclic) bond motifs is 3. The van der Waals surface area contributed by atoms with Crippen LogP contribution in [0.3, 0.4) is 0 Å². The van der Waals surface area contributed by atoms with E-state index in [0.29, 0.717) is 5.56 Å². The lowest BCUT2D eigenvalue weighted by Gasteiger charge is -2.24. The second-order valence-electron chi connectivity index (χ2n) is 6.70. The fourth-order valence-electron chi connectivity index (χ4n) is 3.90. The number of aromatic hydroxyl groups is 2. The number of hydrogen-bond acceptors (Lipinski definition) is 7. The number of ether oxygens (including phenoxy) is 1. The molecular formula is C20H12O7. The zero-order valence-electron chi connectivity index (χ0n) is 13.7. The number of benzene rings is 2. The lowest BCUT2D eigenvalue weighted by atomic mass is 9.78. The predicted molar refractivity (Wildman–Crippen MR) is 90.6 cm³/mol. The minimum Gasteiger partial charge on any atom is -0.508 e. The Balaban J connectivity index is 1.81. The zero-order valence-corrected chi connectivity index (χ0v) is 13.7. The predicted octanol–water partition coefficient (Wildman–Crippen LogP) is 1.29. The molecule has 0 radical (unpaired) electrons. The van der Waals surface area contributed by atoms with E-state index in [1.165, 1.54) is 24.3 Å². The number of carbonyl (C=O) groups is 3. The third-order valence-electron chi connectivity index (χ3n) is 5.21. The van der Waals surface area contributed by atoms with Crippen molar-refractivity contribution in [1.29, 1.82) is 0 Å². The van der Waals surface area contributed by atoms with Crippen LogP contribution in [0.1, 0.15) is 43.5 Å². The maximum absolute atomic E-state index is 12.8. The first-order chi connectivity index (χ1) is 12.9. The fourth-order valence-corrected chi connectivity index (χ4v) is 3.90. The molecule has 134 valence electrons. The summed E-state index contributed by atoms with van der Waals surface area (Å²) < 4.78 is 5.22. The number of Topliss-reactive ketones (excluding diaryl/α,β-unsaturated/α-hetero) is 2. The molecule has 0 amide bonds. The standard InChI is InChI=1S/C20H12O7/c21-10-3-1-2-7-9(6-12(23)16(24)13(7)10)8-4-5-11(22)15-14(8)17(25)19-20(27-19)18(15)26/h1-6,18-22,26H. The quantitative estimate of drug-likeness (QED) is 0.514. The summed E-state index contributed by atoms with van der Waals surface area (Å²) in [5.74, 6) is -2.65. The number of aliphatic hydroxyl groups excluding tert-OH is 1. The molecule has 7 nitrogen and oxygen atoms in total. The van der Waals surface area contributed by atoms with E-state index in [2.05, 4.69) is 0 Å². The average Bonchev–Trinajstić information content (AvgIpc) is 3.44. The maximum Gasteiger partial charge on any atom is 0.237 e. The van der Waals surface area contributed by atoms with Crippen LogP contribution >= 0.6 is 0 Å². The summed E-state index contributed by atoms with van der Waals surface area (Å²) in [5, 5.41) is 30.7. The Labute approximate surface area is 152 Å². The van der Waals surface area contributed by atoms with Gasteiger partial charge in [-0.15, -0.1) is 0 Å². The molecule has 2 aromatic carbocycles. The Kier molecular flexibility index (Phi) is 3.02. The minimum absolute atomic E-state index is 0.0446. The summed E-state index contributed by atoms with van der Waals surface area (Å²) in [6.45, 7) is 0. The van der Waals surface area contributed by atoms with Gasteiger partial charge in [0, 0.05) is 11.1 Å². The van der Waals surface area contributed by atoms with Crippen LogP contribution in [-0.2, 0) is 9.53 Å². The third kappa shape index (κ3) is 2.00. The molecule has 0 aromatic heterocycles. The first kappa shape index (κ1) is 15.9. The molecule has 0 saturated carbocycles. The molecule has 1 heterocycles. The van der Waals surface area contributed by atoms with Gasteiger partial charge in [0.15, 0.2) is 11.9 Å². The van der Waals surface area contributed by atoms with Crippen LogP contribution in [0.5, 0.6) is 11.5 Å². The molecule has 1 fully saturated rings. The first-order valence-corrected chi connectivity index (χ1v) is 8.27. The van der Waals surface area contributed by atoms with Gasteiger partial charge in [-0.2, -0.15) is 0 Å². The molecule has 3 unspecified atom stereocenters. The highest BCUT2D eigenvalue weighted by Gasteiger charge is 2.56. The highest BCUT2D eigenvalue weighted by molar-refractivity contribution is 6.51. The number of carbonyl (C=O) groups excluding carboxylic acids is 3. The van der Waals surface area contributed by atoms with E-state index in [9.17, 15) is 29.7 Å². The summed E-state index contributed by atoms with van der Waals surface area (Å²) in [4.78, 5) is 37.2. The summed E-state index contributed by atoms with van der Waals surface area (Å²) >= 11 is 0. The van der Waals surface area contributed by atoms with Crippen molar-refractivity contribution < 1.29 is 34.4 Å². The SMILES string of the molecule is O=C1C=C(c2ccc(O)c3c2C(=O)C2OC2C3O)c2cccc(O)c2C1=O. The van der Waals surface area contributed by atoms with Crippen molar-refractivity contribution in [1.82, 2.24) is 0 Å². The lowest BCUT2D eigenvalue weighted by molar-refractivity contribution is -0.111. The van der Waals surface area contributed by atoms with Gasteiger partial charge in [0.2, 0.25) is 11.6 Å². The molecule has 2 aliphatic carbocycles. The molecule has 7 heteroatoms. The Morgan fingerprint density at radius 1 is 0.889 bits per heavy atom. The molecule has 27 heavy (non-hydrogen) atoms. The van der Waals surface area contributed by atoms with E-state index < -0.39 is 35.7 Å². The van der Waals surface area contributed by atoms with Gasteiger partial charge in [-0.25, -0.2) is 0 Å². The summed E-state index contributed by atoms with van der Waals surface area (Å²) in [6, 6.07) is 7.15. The second-order valence-corrected chi connectivity index (χ2v) is 6.70. The van der Waals surface area contributed by atoms with Gasteiger partial charge in [0.05, 0.1) is 5.56 Å². The number of phenolic OH excluding ortho intramolecular Hbond substituents is 2. The number of allylic oxidation sites excluding steroid dienone is 1. The van der Waals surface area contributed by atoms with Crippen LogP contribution < -0.4 is 0 Å². The van der Waals surface area contributed by atoms with Crippen molar-refractivity contribution >= 4 is 22.9 Å². The molecule has 3 atom stereocenters. The van der Waals surface area contributed by atoms with Crippen molar-refractivity contribution in [2.24, 2.45) is 0 Å². The second kappa shape index (κ2) is 5.12. The smallest absolute Gasteiger partial charge is 0.237 e. The zero-order chi connectivity index (χ0) is 19.0. The van der Waals surface area contributed by atoms with E-state index >= 15 is 0 Å². The van der Waals surface area contributed by atoms with Crippen molar-refractivity contribution in [3.05, 3.63) is 64.2 Å². The van der Waals surface area contributed by atoms with Gasteiger partial charge in [-0.1, -0.05) is 12.1 Å². The molecule has 5 rings (SSSR count). The summed E-state index contributed by atoms with van der Waals surface area (Å²) in [6.07, 6.45) is -1.55. The van der Waals surface area contributed by atoms with Crippen molar-refractivity contribution in [2.45, 2.75) is 18.3 Å². The van der Waals surface area contributed by atoms with Crippen LogP contribution in [0, 0.1) is 0 Å². The topological polar surface area (TPSA) is 124 Å². The van der Waals surface area contributed by atoms with Gasteiger partial charge in [0.25, 0.3) is 0 Å². The number of ketones is 3. The Morgan fingerprint density at radius 3 is 2.41 bits per heavy atom. The molecule has 1 aliphatic heterocycles. The van der Waals surface area contributed by atoms with Gasteiger partial charge < -0.3 is 20.1 Å². The molecule has 1 saturated heterocycles. The maximum atomic E-state index is 12.8. The van der Waals surface area contributed by atoms with E-state index in [-0.39, 0.29) is 39.3 Å². The normalized spacial score (nSPS) is 25.4. The van der Waals surface area contributed by atoms with Crippen molar-refractivity contribution in [2.75, 3.05) is 0 Å². The van der Waals surface area contributed by atoms with Crippen LogP contribution in [-0.4, -0.2) is 44.9 Å². The van der Waals surface area contributed by atoms with E-state index in [1.54, 1.807) is 6.07 Å². The Hall–Kier alpha value is -3.29. The van der Waals surface area contributed by atoms with E-state index in [0.717, 1.165) is 6.08 Å². The van der Waals surface area contributed by atoms with Gasteiger partial charge in [-0.3, -0.25) is 14.4 Å².